The number of carboxylic acid groups (broad SMARTS) is 1. The van der Waals surface area contributed by atoms with Crippen LogP contribution in [0, 0.1) is 0 Å². The molecule has 0 fully saturated rings. The lowest BCUT2D eigenvalue weighted by atomic mass is 10.4. The highest BCUT2D eigenvalue weighted by molar-refractivity contribution is 7.98. The van der Waals surface area contributed by atoms with Gasteiger partial charge in [0.2, 0.25) is 0 Å². The van der Waals surface area contributed by atoms with Crippen LogP contribution in [0.3, 0.4) is 0 Å². The molecule has 1 rings (SSSR count). The minimum absolute atomic E-state index is 0.409. The molecule has 0 aromatic carbocycles. The van der Waals surface area contributed by atoms with E-state index in [0.29, 0.717) is 11.5 Å². The van der Waals surface area contributed by atoms with Crippen molar-refractivity contribution in [1.29, 1.82) is 0 Å². The Morgan fingerprint density at radius 2 is 2.43 bits per heavy atom. The number of aromatic nitrogens is 1. The molecule has 0 spiro atoms. The number of nitrogens with two attached hydrogens (primary N) is 1. The van der Waals surface area contributed by atoms with E-state index < -0.39 is 12.0 Å². The molecule has 14 heavy (non-hydrogen) atoms. The van der Waals surface area contributed by atoms with E-state index in [9.17, 15) is 4.79 Å². The number of nitrogens with zero attached hydrogens (tertiary/aromatic N) is 1. The minimum atomic E-state index is -0.960. The lowest BCUT2D eigenvalue weighted by molar-refractivity contribution is -0.137. The van der Waals surface area contributed by atoms with E-state index in [1.165, 1.54) is 11.8 Å². The van der Waals surface area contributed by atoms with E-state index in [-0.39, 0.29) is 0 Å². The maximum atomic E-state index is 10.4. The Morgan fingerprint density at radius 3 is 3.00 bits per heavy atom. The molecule has 1 unspecified atom stereocenters. The number of rotatable bonds is 5. The zero-order chi connectivity index (χ0) is 10.4. The van der Waals surface area contributed by atoms with Crippen molar-refractivity contribution in [1.82, 2.24) is 4.98 Å². The summed E-state index contributed by atoms with van der Waals surface area (Å²) in [5.74, 6) is 0.145. The topological polar surface area (TPSA) is 76.2 Å². The third-order valence-electron chi connectivity index (χ3n) is 1.59. The van der Waals surface area contributed by atoms with Crippen LogP contribution in [0.15, 0.2) is 24.4 Å². The molecule has 1 aromatic heterocycles. The van der Waals surface area contributed by atoms with Gasteiger partial charge in [0.25, 0.3) is 0 Å². The van der Waals surface area contributed by atoms with E-state index in [2.05, 4.69) is 4.98 Å². The Bertz CT molecular complexity index is 292. The average Bonchev–Trinajstić information content (AvgIpc) is 2.19. The molecule has 1 aromatic rings. The summed E-state index contributed by atoms with van der Waals surface area (Å²) in [6.45, 7) is 0. The Morgan fingerprint density at radius 1 is 1.64 bits per heavy atom. The van der Waals surface area contributed by atoms with Crippen molar-refractivity contribution in [3.63, 3.8) is 0 Å². The monoisotopic (exact) mass is 212 g/mol. The van der Waals surface area contributed by atoms with Crippen LogP contribution in [0.2, 0.25) is 0 Å². The summed E-state index contributed by atoms with van der Waals surface area (Å²) in [5.41, 5.74) is 6.28. The molecular weight excluding hydrogens is 200 g/mol. The molecule has 0 saturated carbocycles. The highest BCUT2D eigenvalue weighted by atomic mass is 32.2. The first-order valence-electron chi connectivity index (χ1n) is 4.16. The van der Waals surface area contributed by atoms with Crippen molar-refractivity contribution in [2.75, 3.05) is 5.75 Å². The fourth-order valence-electron chi connectivity index (χ4n) is 0.845. The summed E-state index contributed by atoms with van der Waals surface area (Å²) in [6, 6.07) is 4.86. The zero-order valence-electron chi connectivity index (χ0n) is 7.59. The molecule has 0 aliphatic heterocycles. The fourth-order valence-corrected chi connectivity index (χ4v) is 1.74. The van der Waals surface area contributed by atoms with E-state index in [1.54, 1.807) is 6.20 Å². The standard InChI is InChI=1S/C9H12N2O2S/c10-8(9(12)13)6-14-5-7-3-1-2-4-11-7/h1-4,8H,5-6,10H2,(H,12,13). The molecule has 0 aliphatic rings. The molecule has 0 radical (unpaired) electrons. The molecule has 76 valence electrons. The second-order valence-electron chi connectivity index (χ2n) is 2.78. The Hall–Kier alpha value is -1.07. The van der Waals surface area contributed by atoms with Gasteiger partial charge in [0.15, 0.2) is 0 Å². The quantitative estimate of drug-likeness (QED) is 0.752. The van der Waals surface area contributed by atoms with Crippen molar-refractivity contribution >= 4 is 17.7 Å². The van der Waals surface area contributed by atoms with Gasteiger partial charge >= 0.3 is 5.97 Å². The molecule has 0 amide bonds. The van der Waals surface area contributed by atoms with Crippen LogP contribution in [0.1, 0.15) is 5.69 Å². The minimum Gasteiger partial charge on any atom is -0.480 e. The van der Waals surface area contributed by atoms with Gasteiger partial charge in [-0.3, -0.25) is 9.78 Å². The van der Waals surface area contributed by atoms with Crippen LogP contribution in [0.5, 0.6) is 0 Å². The lowest BCUT2D eigenvalue weighted by Crippen LogP contribution is -2.32. The van der Waals surface area contributed by atoms with Gasteiger partial charge in [-0.2, -0.15) is 11.8 Å². The number of carboxylic acids is 1. The van der Waals surface area contributed by atoms with Crippen LogP contribution in [-0.2, 0) is 10.5 Å². The molecule has 1 atom stereocenters. The van der Waals surface area contributed by atoms with Crippen molar-refractivity contribution in [2.45, 2.75) is 11.8 Å². The van der Waals surface area contributed by atoms with Gasteiger partial charge in [-0.1, -0.05) is 6.07 Å². The molecule has 5 heteroatoms. The number of hydrogen-bond donors (Lipinski definition) is 2. The van der Waals surface area contributed by atoms with Crippen molar-refractivity contribution in [2.24, 2.45) is 5.73 Å². The first-order valence-corrected chi connectivity index (χ1v) is 5.31. The molecular formula is C9H12N2O2S. The number of hydrogen-bond acceptors (Lipinski definition) is 4. The number of carbonyl (C=O) groups is 1. The van der Waals surface area contributed by atoms with Crippen LogP contribution in [0.25, 0.3) is 0 Å². The average molecular weight is 212 g/mol. The summed E-state index contributed by atoms with van der Waals surface area (Å²) in [4.78, 5) is 14.5. The third-order valence-corrected chi connectivity index (χ3v) is 2.69. The predicted octanol–water partition coefficient (Wildman–Crippen LogP) is 0.727. The van der Waals surface area contributed by atoms with Crippen LogP contribution in [0.4, 0.5) is 0 Å². The second-order valence-corrected chi connectivity index (χ2v) is 3.81. The number of pyridine rings is 1. The normalized spacial score (nSPS) is 12.4. The molecule has 0 bridgehead atoms. The highest BCUT2D eigenvalue weighted by Crippen LogP contribution is 2.09. The fraction of sp³-hybridized carbons (Fsp3) is 0.333. The maximum absolute atomic E-state index is 10.4. The second kappa shape index (κ2) is 5.62. The van der Waals surface area contributed by atoms with Gasteiger partial charge in [-0.15, -0.1) is 0 Å². The van der Waals surface area contributed by atoms with Crippen molar-refractivity contribution < 1.29 is 9.90 Å². The smallest absolute Gasteiger partial charge is 0.321 e. The summed E-state index contributed by atoms with van der Waals surface area (Å²) in [5, 5.41) is 8.53. The first kappa shape index (κ1) is 11.0. The van der Waals surface area contributed by atoms with Crippen LogP contribution in [-0.4, -0.2) is 27.9 Å². The van der Waals surface area contributed by atoms with Crippen LogP contribution >= 0.6 is 11.8 Å². The predicted molar refractivity (Wildman–Crippen MR) is 56.0 cm³/mol. The molecule has 4 nitrogen and oxygen atoms in total. The van der Waals surface area contributed by atoms with Gasteiger partial charge in [-0.25, -0.2) is 0 Å². The molecule has 1 heterocycles. The van der Waals surface area contributed by atoms with Gasteiger partial charge in [0, 0.05) is 17.7 Å². The first-order chi connectivity index (χ1) is 6.70. The Balaban J connectivity index is 2.26. The van der Waals surface area contributed by atoms with E-state index in [4.69, 9.17) is 10.8 Å². The van der Waals surface area contributed by atoms with E-state index in [1.807, 2.05) is 18.2 Å². The summed E-state index contributed by atoms with van der Waals surface area (Å²) >= 11 is 1.47. The molecule has 3 N–H and O–H groups in total. The summed E-state index contributed by atoms with van der Waals surface area (Å²) < 4.78 is 0. The SMILES string of the molecule is NC(CSCc1ccccn1)C(=O)O. The number of thioether (sulfide) groups is 1. The van der Waals surface area contributed by atoms with Gasteiger partial charge in [0.1, 0.15) is 6.04 Å². The van der Waals surface area contributed by atoms with E-state index >= 15 is 0 Å². The van der Waals surface area contributed by atoms with E-state index in [0.717, 1.165) is 5.69 Å². The number of aliphatic carboxylic acids is 1. The molecule has 0 saturated heterocycles. The van der Waals surface area contributed by atoms with Crippen molar-refractivity contribution in [3.8, 4) is 0 Å². The summed E-state index contributed by atoms with van der Waals surface area (Å²) in [7, 11) is 0. The highest BCUT2D eigenvalue weighted by Gasteiger charge is 2.10. The summed E-state index contributed by atoms with van der Waals surface area (Å²) in [6.07, 6.45) is 1.72. The van der Waals surface area contributed by atoms with Gasteiger partial charge < -0.3 is 10.8 Å². The van der Waals surface area contributed by atoms with Crippen molar-refractivity contribution in [3.05, 3.63) is 30.1 Å². The Kier molecular flexibility index (Phi) is 4.42. The van der Waals surface area contributed by atoms with Gasteiger partial charge in [-0.05, 0) is 12.1 Å². The van der Waals surface area contributed by atoms with Crippen LogP contribution < -0.4 is 5.73 Å². The largest absolute Gasteiger partial charge is 0.480 e. The Labute approximate surface area is 86.5 Å². The maximum Gasteiger partial charge on any atom is 0.321 e. The molecule has 0 aliphatic carbocycles. The third kappa shape index (κ3) is 3.76. The van der Waals surface area contributed by atoms with Gasteiger partial charge in [0.05, 0.1) is 5.69 Å². The lowest BCUT2D eigenvalue weighted by Gasteiger charge is -2.04. The zero-order valence-corrected chi connectivity index (χ0v) is 8.41.